The maximum Gasteiger partial charge on any atom is 0.185 e. The second-order valence-corrected chi connectivity index (χ2v) is 6.89. The van der Waals surface area contributed by atoms with Gasteiger partial charge in [-0.25, -0.2) is 0 Å². The molecule has 2 aromatic carbocycles. The van der Waals surface area contributed by atoms with Crippen LogP contribution in [-0.2, 0) is 4.79 Å². The maximum atomic E-state index is 13.2. The highest BCUT2D eigenvalue weighted by atomic mass is 16.5. The Morgan fingerprint density at radius 2 is 1.25 bits per heavy atom. The Morgan fingerprint density at radius 3 is 1.68 bits per heavy atom. The van der Waals surface area contributed by atoms with Gasteiger partial charge in [0.1, 0.15) is 11.5 Å². The zero-order valence-corrected chi connectivity index (χ0v) is 16.7. The largest absolute Gasteiger partial charge is 0.494 e. The molecule has 2 aromatic rings. The van der Waals surface area contributed by atoms with Crippen LogP contribution >= 0.6 is 0 Å². The van der Waals surface area contributed by atoms with Crippen molar-refractivity contribution in [2.24, 2.45) is 0 Å². The SMILES string of the molecule is CCOc1cccc(C=C2CCCCC(=Cc3cccc(OCC)c3)C2=O)c1. The van der Waals surface area contributed by atoms with Gasteiger partial charge in [-0.15, -0.1) is 0 Å². The minimum Gasteiger partial charge on any atom is -0.494 e. The molecule has 3 rings (SSSR count). The Kier molecular flexibility index (Phi) is 7.07. The van der Waals surface area contributed by atoms with E-state index in [1.165, 1.54) is 0 Å². The van der Waals surface area contributed by atoms with Crippen molar-refractivity contribution in [1.29, 1.82) is 0 Å². The number of rotatable bonds is 6. The molecule has 0 bridgehead atoms. The molecule has 0 spiro atoms. The van der Waals surface area contributed by atoms with Gasteiger partial charge in [0.15, 0.2) is 5.78 Å². The number of ether oxygens (including phenoxy) is 2. The van der Waals surface area contributed by atoms with Gasteiger partial charge in [-0.05, 0) is 87.1 Å². The summed E-state index contributed by atoms with van der Waals surface area (Å²) in [5.41, 5.74) is 3.76. The van der Waals surface area contributed by atoms with Crippen LogP contribution in [0.1, 0.15) is 50.7 Å². The molecule has 0 saturated heterocycles. The highest BCUT2D eigenvalue weighted by molar-refractivity contribution is 6.13. The molecule has 3 nitrogen and oxygen atoms in total. The van der Waals surface area contributed by atoms with E-state index in [-0.39, 0.29) is 5.78 Å². The first kappa shape index (κ1) is 19.9. The van der Waals surface area contributed by atoms with E-state index in [1.54, 1.807) is 0 Å². The quantitative estimate of drug-likeness (QED) is 0.452. The number of carbonyl (C=O) groups excluding carboxylic acids is 1. The molecule has 1 aliphatic carbocycles. The molecule has 0 radical (unpaired) electrons. The molecular weight excluding hydrogens is 348 g/mol. The summed E-state index contributed by atoms with van der Waals surface area (Å²) >= 11 is 0. The number of carbonyl (C=O) groups is 1. The third-order valence-electron chi connectivity index (χ3n) is 4.75. The summed E-state index contributed by atoms with van der Waals surface area (Å²) in [7, 11) is 0. The van der Waals surface area contributed by atoms with Gasteiger partial charge in [-0.1, -0.05) is 24.3 Å². The van der Waals surface area contributed by atoms with E-state index in [0.717, 1.165) is 59.5 Å². The van der Waals surface area contributed by atoms with E-state index in [4.69, 9.17) is 9.47 Å². The second-order valence-electron chi connectivity index (χ2n) is 6.89. The average molecular weight is 376 g/mol. The smallest absolute Gasteiger partial charge is 0.185 e. The molecule has 0 aliphatic heterocycles. The fourth-order valence-corrected chi connectivity index (χ4v) is 3.46. The number of hydrogen-bond acceptors (Lipinski definition) is 3. The molecule has 1 aliphatic rings. The van der Waals surface area contributed by atoms with Crippen molar-refractivity contribution >= 4 is 17.9 Å². The fraction of sp³-hybridized carbons (Fsp3) is 0.320. The summed E-state index contributed by atoms with van der Waals surface area (Å²) in [5, 5.41) is 0. The van der Waals surface area contributed by atoms with E-state index in [9.17, 15) is 4.79 Å². The summed E-state index contributed by atoms with van der Waals surface area (Å²) in [6.07, 6.45) is 7.71. The highest BCUT2D eigenvalue weighted by Gasteiger charge is 2.19. The van der Waals surface area contributed by atoms with Gasteiger partial charge >= 0.3 is 0 Å². The highest BCUT2D eigenvalue weighted by Crippen LogP contribution is 2.28. The van der Waals surface area contributed by atoms with Crippen LogP contribution in [0.15, 0.2) is 59.7 Å². The standard InChI is InChI=1S/C25H28O3/c1-3-27-23-13-7-9-19(17-23)15-21-11-5-6-12-22(25(21)26)16-20-10-8-14-24(18-20)28-4-2/h7-10,13-18H,3-6,11-12H2,1-2H3. The van der Waals surface area contributed by atoms with Crippen molar-refractivity contribution < 1.29 is 14.3 Å². The first-order valence-electron chi connectivity index (χ1n) is 10.1. The van der Waals surface area contributed by atoms with Crippen LogP contribution in [0.2, 0.25) is 0 Å². The van der Waals surface area contributed by atoms with Crippen molar-refractivity contribution in [1.82, 2.24) is 0 Å². The zero-order chi connectivity index (χ0) is 19.8. The molecule has 28 heavy (non-hydrogen) atoms. The summed E-state index contributed by atoms with van der Waals surface area (Å²) in [4.78, 5) is 13.2. The van der Waals surface area contributed by atoms with Gasteiger partial charge in [0.25, 0.3) is 0 Å². The molecular formula is C25H28O3. The monoisotopic (exact) mass is 376 g/mol. The molecule has 1 fully saturated rings. The van der Waals surface area contributed by atoms with Gasteiger partial charge in [0.05, 0.1) is 13.2 Å². The lowest BCUT2D eigenvalue weighted by atomic mass is 9.98. The van der Waals surface area contributed by atoms with Gasteiger partial charge in [0, 0.05) is 11.1 Å². The minimum absolute atomic E-state index is 0.154. The van der Waals surface area contributed by atoms with Gasteiger partial charge in [-0.2, -0.15) is 0 Å². The Morgan fingerprint density at radius 1 is 0.786 bits per heavy atom. The second kappa shape index (κ2) is 9.93. The Hall–Kier alpha value is -2.81. The predicted octanol–water partition coefficient (Wildman–Crippen LogP) is 6.09. The fourth-order valence-electron chi connectivity index (χ4n) is 3.46. The number of benzene rings is 2. The van der Waals surface area contributed by atoms with Crippen molar-refractivity contribution in [2.75, 3.05) is 13.2 Å². The topological polar surface area (TPSA) is 35.5 Å². The molecule has 0 unspecified atom stereocenters. The maximum absolute atomic E-state index is 13.2. The summed E-state index contributed by atoms with van der Waals surface area (Å²) in [6, 6.07) is 15.8. The summed E-state index contributed by atoms with van der Waals surface area (Å²) in [5.74, 6) is 1.82. The Bertz CT molecular complexity index is 805. The minimum atomic E-state index is 0.154. The van der Waals surface area contributed by atoms with Crippen molar-refractivity contribution in [3.63, 3.8) is 0 Å². The summed E-state index contributed by atoms with van der Waals surface area (Å²) in [6.45, 7) is 5.20. The lowest BCUT2D eigenvalue weighted by Gasteiger charge is -2.08. The third kappa shape index (κ3) is 5.35. The van der Waals surface area contributed by atoms with Crippen LogP contribution in [0.3, 0.4) is 0 Å². The van der Waals surface area contributed by atoms with Crippen molar-refractivity contribution in [2.45, 2.75) is 39.5 Å². The van der Waals surface area contributed by atoms with Gasteiger partial charge < -0.3 is 9.47 Å². The van der Waals surface area contributed by atoms with E-state index in [2.05, 4.69) is 0 Å². The molecule has 146 valence electrons. The normalized spacial score (nSPS) is 17.6. The summed E-state index contributed by atoms with van der Waals surface area (Å²) < 4.78 is 11.2. The lowest BCUT2D eigenvalue weighted by Crippen LogP contribution is -2.04. The average Bonchev–Trinajstić information content (AvgIpc) is 2.85. The number of hydrogen-bond donors (Lipinski definition) is 0. The van der Waals surface area contributed by atoms with Gasteiger partial charge in [0.2, 0.25) is 0 Å². The van der Waals surface area contributed by atoms with Crippen molar-refractivity contribution in [3.05, 3.63) is 70.8 Å². The van der Waals surface area contributed by atoms with E-state index in [1.807, 2.05) is 74.5 Å². The number of Topliss-reactive ketones (excluding diaryl/α,β-unsaturated/α-hetero) is 1. The van der Waals surface area contributed by atoms with Crippen LogP contribution in [0, 0.1) is 0 Å². The van der Waals surface area contributed by atoms with E-state index >= 15 is 0 Å². The van der Waals surface area contributed by atoms with Crippen LogP contribution in [0.25, 0.3) is 12.2 Å². The first-order chi connectivity index (χ1) is 13.7. The molecule has 0 atom stereocenters. The molecule has 3 heteroatoms. The first-order valence-corrected chi connectivity index (χ1v) is 10.1. The molecule has 1 saturated carbocycles. The van der Waals surface area contributed by atoms with Crippen LogP contribution in [0.4, 0.5) is 0 Å². The lowest BCUT2D eigenvalue weighted by molar-refractivity contribution is -0.112. The molecule has 0 heterocycles. The van der Waals surface area contributed by atoms with Crippen LogP contribution in [0.5, 0.6) is 11.5 Å². The third-order valence-corrected chi connectivity index (χ3v) is 4.75. The molecule has 0 aromatic heterocycles. The molecule has 0 N–H and O–H groups in total. The molecule has 0 amide bonds. The van der Waals surface area contributed by atoms with Crippen molar-refractivity contribution in [3.8, 4) is 11.5 Å². The zero-order valence-electron chi connectivity index (χ0n) is 16.7. The van der Waals surface area contributed by atoms with Crippen LogP contribution in [-0.4, -0.2) is 19.0 Å². The Labute approximate surface area is 167 Å². The van der Waals surface area contributed by atoms with E-state index < -0.39 is 0 Å². The number of ketones is 1. The number of allylic oxidation sites excluding steroid dienone is 2. The Balaban J connectivity index is 1.87. The predicted molar refractivity (Wildman–Crippen MR) is 115 cm³/mol. The van der Waals surface area contributed by atoms with E-state index in [0.29, 0.717) is 13.2 Å². The van der Waals surface area contributed by atoms with Crippen LogP contribution < -0.4 is 9.47 Å². The van der Waals surface area contributed by atoms with Gasteiger partial charge in [-0.3, -0.25) is 4.79 Å².